The van der Waals surface area contributed by atoms with Gasteiger partial charge < -0.3 is 10.1 Å². The van der Waals surface area contributed by atoms with E-state index in [4.69, 9.17) is 23.2 Å². The highest BCUT2D eigenvalue weighted by atomic mass is 35.5. The molecule has 0 aliphatic heterocycles. The number of nitrogens with one attached hydrogen (secondary N) is 1. The van der Waals surface area contributed by atoms with Gasteiger partial charge in [0.05, 0.1) is 21.8 Å². The normalized spacial score (nSPS) is 11.6. The standard InChI is InChI=1S/C15H9Cl2FN2O/c16-8-1-3-10-11(15(21)20-14(10)5-8)7-19-9-2-4-13(18)12(17)6-9/h1-7,20-21H. The molecule has 106 valence electrons. The van der Waals surface area contributed by atoms with Crippen molar-refractivity contribution in [1.29, 1.82) is 0 Å². The fourth-order valence-corrected chi connectivity index (χ4v) is 2.36. The summed E-state index contributed by atoms with van der Waals surface area (Å²) < 4.78 is 13.1. The van der Waals surface area contributed by atoms with Gasteiger partial charge in [-0.05, 0) is 30.3 Å². The van der Waals surface area contributed by atoms with Crippen LogP contribution in [0.3, 0.4) is 0 Å². The first kappa shape index (κ1) is 13.9. The molecule has 1 heterocycles. The molecule has 2 aromatic carbocycles. The highest BCUT2D eigenvalue weighted by Crippen LogP contribution is 2.29. The summed E-state index contributed by atoms with van der Waals surface area (Å²) in [4.78, 5) is 7.01. The smallest absolute Gasteiger partial charge is 0.198 e. The van der Waals surface area contributed by atoms with Gasteiger partial charge in [-0.1, -0.05) is 29.3 Å². The Morgan fingerprint density at radius 1 is 1.14 bits per heavy atom. The minimum Gasteiger partial charge on any atom is -0.494 e. The van der Waals surface area contributed by atoms with E-state index in [0.29, 0.717) is 21.8 Å². The van der Waals surface area contributed by atoms with Crippen molar-refractivity contribution in [2.24, 2.45) is 4.99 Å². The Kier molecular flexibility index (Phi) is 3.57. The maximum Gasteiger partial charge on any atom is 0.198 e. The van der Waals surface area contributed by atoms with Crippen LogP contribution in [0.1, 0.15) is 5.56 Å². The molecule has 0 bridgehead atoms. The van der Waals surface area contributed by atoms with Gasteiger partial charge in [-0.15, -0.1) is 0 Å². The summed E-state index contributed by atoms with van der Waals surface area (Å²) in [5.74, 6) is -0.510. The van der Waals surface area contributed by atoms with Crippen molar-refractivity contribution in [2.45, 2.75) is 0 Å². The summed E-state index contributed by atoms with van der Waals surface area (Å²) >= 11 is 11.6. The lowest BCUT2D eigenvalue weighted by molar-refractivity contribution is 0.457. The molecule has 6 heteroatoms. The lowest BCUT2D eigenvalue weighted by atomic mass is 10.2. The molecule has 0 fully saturated rings. The number of benzene rings is 2. The summed E-state index contributed by atoms with van der Waals surface area (Å²) in [6.07, 6.45) is 1.49. The summed E-state index contributed by atoms with van der Waals surface area (Å²) in [7, 11) is 0. The molecular formula is C15H9Cl2FN2O. The van der Waals surface area contributed by atoms with Crippen LogP contribution < -0.4 is 0 Å². The number of nitrogens with zero attached hydrogens (tertiary/aromatic N) is 1. The highest BCUT2D eigenvalue weighted by Gasteiger charge is 2.09. The minimum absolute atomic E-state index is 0.000388. The van der Waals surface area contributed by atoms with Crippen LogP contribution in [0.2, 0.25) is 10.0 Å². The Morgan fingerprint density at radius 3 is 2.71 bits per heavy atom. The lowest BCUT2D eigenvalue weighted by Crippen LogP contribution is -1.80. The van der Waals surface area contributed by atoms with E-state index in [1.54, 1.807) is 18.2 Å². The van der Waals surface area contributed by atoms with Crippen LogP contribution in [-0.4, -0.2) is 16.3 Å². The maximum absolute atomic E-state index is 13.1. The Bertz CT molecular complexity index is 858. The molecule has 0 atom stereocenters. The van der Waals surface area contributed by atoms with Crippen molar-refractivity contribution in [1.82, 2.24) is 4.98 Å². The van der Waals surface area contributed by atoms with Crippen LogP contribution in [0.25, 0.3) is 10.9 Å². The second kappa shape index (κ2) is 5.39. The molecular weight excluding hydrogens is 314 g/mol. The summed E-state index contributed by atoms with van der Waals surface area (Å²) in [6, 6.07) is 9.37. The molecule has 0 aliphatic carbocycles. The third kappa shape index (κ3) is 2.73. The van der Waals surface area contributed by atoms with Crippen molar-refractivity contribution in [2.75, 3.05) is 0 Å². The molecule has 0 unspecified atom stereocenters. The van der Waals surface area contributed by atoms with Crippen molar-refractivity contribution < 1.29 is 9.50 Å². The SMILES string of the molecule is Oc1[nH]c2cc(Cl)ccc2c1C=Nc1ccc(F)c(Cl)c1. The highest BCUT2D eigenvalue weighted by molar-refractivity contribution is 6.31. The minimum atomic E-state index is -0.500. The molecule has 0 spiro atoms. The molecule has 0 saturated carbocycles. The van der Waals surface area contributed by atoms with Gasteiger partial charge in [-0.25, -0.2) is 4.39 Å². The van der Waals surface area contributed by atoms with Gasteiger partial charge in [0, 0.05) is 16.6 Å². The molecule has 3 rings (SSSR count). The van der Waals surface area contributed by atoms with Crippen molar-refractivity contribution in [3.8, 4) is 5.88 Å². The van der Waals surface area contributed by atoms with E-state index < -0.39 is 5.82 Å². The van der Waals surface area contributed by atoms with E-state index in [0.717, 1.165) is 5.39 Å². The zero-order valence-electron chi connectivity index (χ0n) is 10.6. The second-order valence-corrected chi connectivity index (χ2v) is 5.28. The van der Waals surface area contributed by atoms with E-state index in [9.17, 15) is 9.50 Å². The molecule has 1 aromatic heterocycles. The van der Waals surface area contributed by atoms with Crippen molar-refractivity contribution in [3.05, 3.63) is 57.8 Å². The van der Waals surface area contributed by atoms with Crippen LogP contribution in [0.4, 0.5) is 10.1 Å². The number of aromatic amines is 1. The zero-order valence-corrected chi connectivity index (χ0v) is 12.1. The summed E-state index contributed by atoms with van der Waals surface area (Å²) in [5.41, 5.74) is 1.73. The van der Waals surface area contributed by atoms with Crippen LogP contribution in [0, 0.1) is 5.82 Å². The molecule has 0 amide bonds. The summed E-state index contributed by atoms with van der Waals surface area (Å²) in [6.45, 7) is 0. The van der Waals surface area contributed by atoms with Gasteiger partial charge in [0.2, 0.25) is 0 Å². The van der Waals surface area contributed by atoms with Gasteiger partial charge >= 0.3 is 0 Å². The Morgan fingerprint density at radius 2 is 1.95 bits per heavy atom. The largest absolute Gasteiger partial charge is 0.494 e. The van der Waals surface area contributed by atoms with E-state index in [1.165, 1.54) is 24.4 Å². The lowest BCUT2D eigenvalue weighted by Gasteiger charge is -1.97. The molecule has 2 N–H and O–H groups in total. The van der Waals surface area contributed by atoms with Crippen molar-refractivity contribution in [3.63, 3.8) is 0 Å². The van der Waals surface area contributed by atoms with Crippen LogP contribution in [0.5, 0.6) is 5.88 Å². The third-order valence-electron chi connectivity index (χ3n) is 3.03. The molecule has 0 radical (unpaired) electrons. The third-order valence-corrected chi connectivity index (χ3v) is 3.55. The molecule has 0 aliphatic rings. The second-order valence-electron chi connectivity index (χ2n) is 4.43. The number of aromatic hydroxyl groups is 1. The Balaban J connectivity index is 2.02. The Labute approximate surface area is 129 Å². The van der Waals surface area contributed by atoms with Crippen LogP contribution in [-0.2, 0) is 0 Å². The van der Waals surface area contributed by atoms with Crippen molar-refractivity contribution >= 4 is 46.0 Å². The quantitative estimate of drug-likeness (QED) is 0.636. The van der Waals surface area contributed by atoms with Gasteiger partial charge in [-0.2, -0.15) is 0 Å². The number of fused-ring (bicyclic) bond motifs is 1. The first-order chi connectivity index (χ1) is 10.0. The number of hydrogen-bond acceptors (Lipinski definition) is 2. The van der Waals surface area contributed by atoms with Crippen LogP contribution in [0.15, 0.2) is 41.4 Å². The van der Waals surface area contributed by atoms with Gasteiger partial charge in [0.1, 0.15) is 5.82 Å². The Hall–Kier alpha value is -2.04. The first-order valence-corrected chi connectivity index (χ1v) is 6.79. The average molecular weight is 323 g/mol. The molecule has 3 aromatic rings. The number of H-pyrrole nitrogens is 1. The van der Waals surface area contributed by atoms with Gasteiger partial charge in [-0.3, -0.25) is 4.99 Å². The molecule has 3 nitrogen and oxygen atoms in total. The topological polar surface area (TPSA) is 48.4 Å². The number of hydrogen-bond donors (Lipinski definition) is 2. The first-order valence-electron chi connectivity index (χ1n) is 6.04. The van der Waals surface area contributed by atoms with E-state index >= 15 is 0 Å². The van der Waals surface area contributed by atoms with Crippen LogP contribution >= 0.6 is 23.2 Å². The number of halogens is 3. The predicted octanol–water partition coefficient (Wildman–Crippen LogP) is 5.07. The van der Waals surface area contributed by atoms with Gasteiger partial charge in [0.25, 0.3) is 0 Å². The fourth-order valence-electron chi connectivity index (χ4n) is 2.01. The van der Waals surface area contributed by atoms with E-state index in [1.807, 2.05) is 0 Å². The maximum atomic E-state index is 13.1. The zero-order chi connectivity index (χ0) is 15.0. The number of rotatable bonds is 2. The van der Waals surface area contributed by atoms with E-state index in [-0.39, 0.29) is 10.9 Å². The fraction of sp³-hybridized carbons (Fsp3) is 0. The molecule has 0 saturated heterocycles. The number of aromatic nitrogens is 1. The summed E-state index contributed by atoms with van der Waals surface area (Å²) in [5, 5.41) is 11.3. The average Bonchev–Trinajstić information content (AvgIpc) is 2.75. The predicted molar refractivity (Wildman–Crippen MR) is 83.6 cm³/mol. The van der Waals surface area contributed by atoms with E-state index in [2.05, 4.69) is 9.98 Å². The van der Waals surface area contributed by atoms with Gasteiger partial charge in [0.15, 0.2) is 5.88 Å². The monoisotopic (exact) mass is 322 g/mol. The molecule has 21 heavy (non-hydrogen) atoms. The number of aliphatic imine (C=N–C) groups is 1.